The van der Waals surface area contributed by atoms with Gasteiger partial charge in [0.15, 0.2) is 18.9 Å². The number of hydrogen-bond acceptors (Lipinski definition) is 20. The summed E-state index contributed by atoms with van der Waals surface area (Å²) in [7, 11) is 0. The summed E-state index contributed by atoms with van der Waals surface area (Å²) in [5.41, 5.74) is 5.69. The number of nitrogens with two attached hydrogens (primary N) is 1. The lowest BCUT2D eigenvalue weighted by Crippen LogP contribution is -2.58. The molecule has 3 heterocycles. The van der Waals surface area contributed by atoms with E-state index in [0.29, 0.717) is 19.4 Å². The van der Waals surface area contributed by atoms with E-state index in [4.69, 9.17) is 34.2 Å². The molecule has 0 bridgehead atoms. The van der Waals surface area contributed by atoms with Crippen molar-refractivity contribution in [3.05, 3.63) is 0 Å². The zero-order chi connectivity index (χ0) is 42.4. The summed E-state index contributed by atoms with van der Waals surface area (Å²) in [5, 5.41) is 98.3. The standard InChI is InChI=1S/C34H63N5O18/c1-16-22(42)25(45)28(48)32(55-16)52-11-8-36-20(40)14-39(15-21(41)37-9-12-53-33-29(49)26(46)23(43)17(2)56-33)19(6-4-5-7-35)31(51)38-10-13-54-34-30(50)27(47)24(44)18(3)57-34/h16-19,22-30,32-34,42-50H,4-15,35H2,1-3H3,(H,36,40)(H,37,41)(H,38,51)/t16-,17-,18-,19-,22+,23+,24+,25+,26+,27+,28-,29-,30-,32+,33+,34+/m0/s1. The molecule has 3 fully saturated rings. The Kier molecular flexibility index (Phi) is 20.8. The van der Waals surface area contributed by atoms with Crippen LogP contribution in [-0.4, -0.2) is 226 Å². The fraction of sp³-hybridized carbons (Fsp3) is 0.912. The van der Waals surface area contributed by atoms with Crippen LogP contribution in [0.25, 0.3) is 0 Å². The Balaban J connectivity index is 1.62. The highest BCUT2D eigenvalue weighted by Gasteiger charge is 2.44. The van der Waals surface area contributed by atoms with Gasteiger partial charge in [-0.15, -0.1) is 0 Å². The number of ether oxygens (including phenoxy) is 6. The van der Waals surface area contributed by atoms with E-state index in [9.17, 15) is 60.3 Å². The van der Waals surface area contributed by atoms with E-state index < -0.39 is 129 Å². The van der Waals surface area contributed by atoms with Crippen molar-refractivity contribution in [2.75, 3.05) is 59.1 Å². The van der Waals surface area contributed by atoms with Crippen LogP contribution in [0.15, 0.2) is 0 Å². The molecule has 0 saturated carbocycles. The quantitative estimate of drug-likeness (QED) is 0.0451. The molecule has 23 nitrogen and oxygen atoms in total. The Hall–Kier alpha value is -2.27. The van der Waals surface area contributed by atoms with Crippen LogP contribution in [0.2, 0.25) is 0 Å². The summed E-state index contributed by atoms with van der Waals surface area (Å²) in [6, 6.07) is -1.05. The van der Waals surface area contributed by atoms with Crippen molar-refractivity contribution >= 4 is 17.7 Å². The summed E-state index contributed by atoms with van der Waals surface area (Å²) in [5.74, 6) is -1.80. The number of nitrogens with zero attached hydrogens (tertiary/aromatic N) is 1. The second-order valence-electron chi connectivity index (χ2n) is 14.4. The van der Waals surface area contributed by atoms with Crippen molar-refractivity contribution in [3.8, 4) is 0 Å². The number of aliphatic hydroxyl groups is 9. The van der Waals surface area contributed by atoms with Crippen molar-refractivity contribution in [1.29, 1.82) is 0 Å². The van der Waals surface area contributed by atoms with Crippen molar-refractivity contribution < 1.29 is 88.8 Å². The van der Waals surface area contributed by atoms with Crippen molar-refractivity contribution in [2.24, 2.45) is 5.73 Å². The van der Waals surface area contributed by atoms with Crippen LogP contribution in [0, 0.1) is 0 Å². The molecule has 0 aromatic heterocycles. The first-order valence-electron chi connectivity index (χ1n) is 19.2. The molecule has 0 aromatic rings. The van der Waals surface area contributed by atoms with Gasteiger partial charge >= 0.3 is 0 Å². The van der Waals surface area contributed by atoms with Gasteiger partial charge < -0.3 is 96.1 Å². The molecule has 3 aliphatic rings. The SMILES string of the molecule is C[C@@H]1O[C@@H](OCCNC(=O)CN(CC(=O)NCCO[C@@H]2O[C@@H](C)[C@@H](O)[C@@H](O)[C@@H]2O)[C@@H](CCCCN)C(=O)NCCO[C@@H]2O[C@@H](C)[C@@H](O)[C@@H](O)[C@@H]2O)[C@@H](O)[C@H](O)[C@@H]1O. The highest BCUT2D eigenvalue weighted by Crippen LogP contribution is 2.24. The number of carbonyl (C=O) groups excluding carboxylic acids is 3. The minimum absolute atomic E-state index is 0.101. The van der Waals surface area contributed by atoms with Gasteiger partial charge in [-0.1, -0.05) is 6.42 Å². The van der Waals surface area contributed by atoms with E-state index in [-0.39, 0.29) is 45.9 Å². The third-order valence-electron chi connectivity index (χ3n) is 9.89. The van der Waals surface area contributed by atoms with E-state index in [2.05, 4.69) is 16.0 Å². The molecule has 23 heteroatoms. The lowest BCUT2D eigenvalue weighted by molar-refractivity contribution is -0.292. The fourth-order valence-electron chi connectivity index (χ4n) is 6.37. The topological polar surface area (TPSA) is 354 Å². The molecule has 14 N–H and O–H groups in total. The van der Waals surface area contributed by atoms with Gasteiger partial charge in [-0.2, -0.15) is 0 Å². The molecule has 0 aromatic carbocycles. The predicted octanol–water partition coefficient (Wildman–Crippen LogP) is -7.33. The Morgan fingerprint density at radius 1 is 0.561 bits per heavy atom. The van der Waals surface area contributed by atoms with Crippen LogP contribution < -0.4 is 21.7 Å². The molecule has 3 aliphatic heterocycles. The first kappa shape index (κ1) is 49.1. The Morgan fingerprint density at radius 3 is 1.26 bits per heavy atom. The zero-order valence-corrected chi connectivity index (χ0v) is 32.4. The van der Waals surface area contributed by atoms with Crippen LogP contribution in [-0.2, 0) is 42.8 Å². The molecule has 0 unspecified atom stereocenters. The summed E-state index contributed by atoms with van der Waals surface area (Å²) in [6.45, 7) is 3.04. The summed E-state index contributed by atoms with van der Waals surface area (Å²) in [6.07, 6.45) is -18.4. The number of unbranched alkanes of at least 4 members (excludes halogenated alkanes) is 1. The maximum Gasteiger partial charge on any atom is 0.237 e. The average Bonchev–Trinajstić information content (AvgIpc) is 3.18. The lowest BCUT2D eigenvalue weighted by Gasteiger charge is -2.39. The maximum atomic E-state index is 13.6. The number of amides is 3. The molecular weight excluding hydrogens is 766 g/mol. The van der Waals surface area contributed by atoms with Crippen LogP contribution in [0.3, 0.4) is 0 Å². The summed E-state index contributed by atoms with van der Waals surface area (Å²) in [4.78, 5) is 41.4. The minimum Gasteiger partial charge on any atom is -0.388 e. The second kappa shape index (κ2) is 24.1. The molecule has 3 saturated heterocycles. The number of hydrogen-bond donors (Lipinski definition) is 13. The molecule has 0 aliphatic carbocycles. The Labute approximate surface area is 330 Å². The predicted molar refractivity (Wildman–Crippen MR) is 192 cm³/mol. The van der Waals surface area contributed by atoms with E-state index in [1.54, 1.807) is 0 Å². The summed E-state index contributed by atoms with van der Waals surface area (Å²) >= 11 is 0. The maximum absolute atomic E-state index is 13.6. The van der Waals surface area contributed by atoms with Gasteiger partial charge in [0.1, 0.15) is 54.9 Å². The minimum atomic E-state index is -1.55. The lowest BCUT2D eigenvalue weighted by atomic mass is 10.0. The third-order valence-corrected chi connectivity index (χ3v) is 9.89. The summed E-state index contributed by atoms with van der Waals surface area (Å²) < 4.78 is 32.6. The van der Waals surface area contributed by atoms with E-state index in [1.165, 1.54) is 25.7 Å². The van der Waals surface area contributed by atoms with Gasteiger partial charge in [0, 0.05) is 19.6 Å². The Bertz CT molecular complexity index is 1170. The molecule has 57 heavy (non-hydrogen) atoms. The molecule has 332 valence electrons. The van der Waals surface area contributed by atoms with Gasteiger partial charge in [0.2, 0.25) is 17.7 Å². The van der Waals surface area contributed by atoms with Crippen LogP contribution >= 0.6 is 0 Å². The molecular formula is C34H63N5O18. The van der Waals surface area contributed by atoms with E-state index in [0.717, 1.165) is 0 Å². The van der Waals surface area contributed by atoms with Gasteiger partial charge in [-0.3, -0.25) is 19.3 Å². The van der Waals surface area contributed by atoms with Crippen molar-refractivity contribution in [1.82, 2.24) is 20.9 Å². The molecule has 0 spiro atoms. The van der Waals surface area contributed by atoms with Gasteiger partial charge in [0.25, 0.3) is 0 Å². The molecule has 3 rings (SSSR count). The van der Waals surface area contributed by atoms with Crippen molar-refractivity contribution in [3.63, 3.8) is 0 Å². The molecule has 3 amide bonds. The van der Waals surface area contributed by atoms with E-state index in [1.807, 2.05) is 0 Å². The smallest absolute Gasteiger partial charge is 0.237 e. The highest BCUT2D eigenvalue weighted by molar-refractivity contribution is 5.86. The van der Waals surface area contributed by atoms with Crippen LogP contribution in [0.5, 0.6) is 0 Å². The van der Waals surface area contributed by atoms with Crippen LogP contribution in [0.1, 0.15) is 40.0 Å². The second-order valence-corrected chi connectivity index (χ2v) is 14.4. The van der Waals surface area contributed by atoms with E-state index >= 15 is 0 Å². The van der Waals surface area contributed by atoms with Crippen molar-refractivity contribution in [2.45, 2.75) is 138 Å². The zero-order valence-electron chi connectivity index (χ0n) is 32.4. The number of aliphatic hydroxyl groups excluding tert-OH is 9. The number of nitrogens with one attached hydrogen (secondary N) is 3. The largest absolute Gasteiger partial charge is 0.388 e. The highest BCUT2D eigenvalue weighted by atomic mass is 16.7. The van der Waals surface area contributed by atoms with Gasteiger partial charge in [0.05, 0.1) is 57.3 Å². The monoisotopic (exact) mass is 829 g/mol. The number of rotatable bonds is 22. The van der Waals surface area contributed by atoms with Crippen LogP contribution in [0.4, 0.5) is 0 Å². The normalized spacial score (nSPS) is 36.4. The third kappa shape index (κ3) is 14.5. The van der Waals surface area contributed by atoms with Gasteiger partial charge in [-0.25, -0.2) is 0 Å². The van der Waals surface area contributed by atoms with Gasteiger partial charge in [-0.05, 0) is 40.2 Å². The Morgan fingerprint density at radius 2 is 0.912 bits per heavy atom. The average molecular weight is 830 g/mol. The molecule has 16 atom stereocenters. The first-order chi connectivity index (χ1) is 27.0. The molecule has 0 radical (unpaired) electrons. The first-order valence-corrected chi connectivity index (χ1v) is 19.2. The number of carbonyl (C=O) groups is 3. The fourth-order valence-corrected chi connectivity index (χ4v) is 6.37.